The van der Waals surface area contributed by atoms with Gasteiger partial charge in [-0.05, 0) is 17.7 Å². The maximum atomic E-state index is 12.9. The normalized spacial score (nSPS) is 20.5. The van der Waals surface area contributed by atoms with Crippen LogP contribution < -0.4 is 5.73 Å². The molecule has 28 heavy (non-hydrogen) atoms. The maximum absolute atomic E-state index is 12.9. The first kappa shape index (κ1) is 23.6. The first-order valence-corrected chi connectivity index (χ1v) is 10.2. The Morgan fingerprint density at radius 3 is 2.29 bits per heavy atom. The van der Waals surface area contributed by atoms with Crippen LogP contribution in [0, 0.1) is 0 Å². The number of aliphatic imine (C=N–C) groups is 1. The minimum absolute atomic E-state index is 0. The van der Waals surface area contributed by atoms with Crippen LogP contribution in [0.15, 0.2) is 29.3 Å². The second kappa shape index (κ2) is 10.9. The van der Waals surface area contributed by atoms with Gasteiger partial charge in [-0.3, -0.25) is 9.89 Å². The average Bonchev–Trinajstić information content (AvgIpc) is 2.69. The molecule has 2 saturated heterocycles. The van der Waals surface area contributed by atoms with Gasteiger partial charge in [-0.1, -0.05) is 12.1 Å². The summed E-state index contributed by atoms with van der Waals surface area (Å²) in [6, 6.07) is 5.25. The predicted octanol–water partition coefficient (Wildman–Crippen LogP) is 3.06. The topological polar surface area (TPSA) is 54.1 Å². The molecule has 2 aliphatic rings. The lowest BCUT2D eigenvalue weighted by atomic mass is 10.0. The largest absolute Gasteiger partial charge is 0.416 e. The molecule has 1 atom stereocenters. The fraction of sp³-hybridized carbons (Fsp3) is 0.611. The summed E-state index contributed by atoms with van der Waals surface area (Å²) in [5, 5.41) is 0. The molecule has 2 heterocycles. The SMILES string of the molecule is I.NC(=NCC(c1ccc(C(F)(F)F)cc1)N1CCOCC1)N1CCSCC1. The fourth-order valence-corrected chi connectivity index (χ4v) is 4.19. The van der Waals surface area contributed by atoms with E-state index in [4.69, 9.17) is 10.5 Å². The molecular formula is C18H26F3IN4OS. The maximum Gasteiger partial charge on any atom is 0.416 e. The van der Waals surface area contributed by atoms with E-state index in [0.29, 0.717) is 25.7 Å². The zero-order valence-electron chi connectivity index (χ0n) is 15.5. The van der Waals surface area contributed by atoms with E-state index in [2.05, 4.69) is 14.8 Å². The lowest BCUT2D eigenvalue weighted by molar-refractivity contribution is -0.137. The van der Waals surface area contributed by atoms with Crippen molar-refractivity contribution in [3.63, 3.8) is 0 Å². The van der Waals surface area contributed by atoms with Gasteiger partial charge in [0.2, 0.25) is 0 Å². The van der Waals surface area contributed by atoms with Gasteiger partial charge in [-0.2, -0.15) is 24.9 Å². The summed E-state index contributed by atoms with van der Waals surface area (Å²) in [4.78, 5) is 8.85. The number of morpholine rings is 1. The highest BCUT2D eigenvalue weighted by atomic mass is 127. The third-order valence-electron chi connectivity index (χ3n) is 4.87. The van der Waals surface area contributed by atoms with Gasteiger partial charge in [0.15, 0.2) is 5.96 Å². The number of ether oxygens (including phenoxy) is 1. The summed E-state index contributed by atoms with van der Waals surface area (Å²) in [5.74, 6) is 2.57. The second-order valence-electron chi connectivity index (χ2n) is 6.58. The summed E-state index contributed by atoms with van der Waals surface area (Å²) < 4.78 is 44.0. The lowest BCUT2D eigenvalue weighted by Gasteiger charge is -2.34. The van der Waals surface area contributed by atoms with Crippen LogP contribution in [0.4, 0.5) is 13.2 Å². The minimum Gasteiger partial charge on any atom is -0.379 e. The number of hydrogen-bond donors (Lipinski definition) is 1. The summed E-state index contributed by atoms with van der Waals surface area (Å²) in [6.45, 7) is 4.84. The molecule has 2 aliphatic heterocycles. The van der Waals surface area contributed by atoms with E-state index in [1.165, 1.54) is 0 Å². The van der Waals surface area contributed by atoms with Gasteiger partial charge in [0.25, 0.3) is 0 Å². The zero-order chi connectivity index (χ0) is 19.3. The van der Waals surface area contributed by atoms with E-state index in [1.807, 2.05) is 11.8 Å². The van der Waals surface area contributed by atoms with E-state index < -0.39 is 11.7 Å². The smallest absolute Gasteiger partial charge is 0.379 e. The molecule has 2 N–H and O–H groups in total. The first-order chi connectivity index (χ1) is 12.9. The summed E-state index contributed by atoms with van der Waals surface area (Å²) in [7, 11) is 0. The predicted molar refractivity (Wildman–Crippen MR) is 117 cm³/mol. The number of benzene rings is 1. The molecule has 5 nitrogen and oxygen atoms in total. The van der Waals surface area contributed by atoms with Gasteiger partial charge in [0.05, 0.1) is 31.4 Å². The zero-order valence-corrected chi connectivity index (χ0v) is 18.7. The van der Waals surface area contributed by atoms with Crippen molar-refractivity contribution in [3.05, 3.63) is 35.4 Å². The summed E-state index contributed by atoms with van der Waals surface area (Å²) in [6.07, 6.45) is -4.33. The molecule has 0 aliphatic carbocycles. The Morgan fingerprint density at radius 2 is 1.71 bits per heavy atom. The Morgan fingerprint density at radius 1 is 1.11 bits per heavy atom. The molecule has 0 amide bonds. The molecule has 0 saturated carbocycles. The summed E-state index contributed by atoms with van der Waals surface area (Å²) in [5.41, 5.74) is 6.34. The Bertz CT molecular complexity index is 633. The van der Waals surface area contributed by atoms with Crippen LogP contribution in [-0.2, 0) is 10.9 Å². The highest BCUT2D eigenvalue weighted by Crippen LogP contribution is 2.31. The van der Waals surface area contributed by atoms with Crippen LogP contribution in [-0.4, -0.2) is 73.2 Å². The minimum atomic E-state index is -4.33. The Balaban J connectivity index is 0.00000280. The number of thioether (sulfide) groups is 1. The van der Waals surface area contributed by atoms with Gasteiger partial charge in [0, 0.05) is 37.7 Å². The molecule has 1 aromatic rings. The summed E-state index contributed by atoms with van der Waals surface area (Å²) >= 11 is 1.90. The molecule has 3 rings (SSSR count). The average molecular weight is 530 g/mol. The number of rotatable bonds is 4. The van der Waals surface area contributed by atoms with Crippen molar-refractivity contribution >= 4 is 41.7 Å². The van der Waals surface area contributed by atoms with E-state index in [1.54, 1.807) is 12.1 Å². The van der Waals surface area contributed by atoms with E-state index in [9.17, 15) is 13.2 Å². The van der Waals surface area contributed by atoms with Crippen molar-refractivity contribution < 1.29 is 17.9 Å². The lowest BCUT2D eigenvalue weighted by Crippen LogP contribution is -2.44. The molecule has 158 valence electrons. The molecular weight excluding hydrogens is 504 g/mol. The molecule has 0 aromatic heterocycles. The molecule has 2 fully saturated rings. The Hall–Kier alpha value is -0.720. The second-order valence-corrected chi connectivity index (χ2v) is 7.81. The van der Waals surface area contributed by atoms with Crippen molar-refractivity contribution in [2.45, 2.75) is 12.2 Å². The van der Waals surface area contributed by atoms with E-state index in [0.717, 1.165) is 55.4 Å². The van der Waals surface area contributed by atoms with Crippen LogP contribution in [0.25, 0.3) is 0 Å². The third-order valence-corrected chi connectivity index (χ3v) is 5.81. The van der Waals surface area contributed by atoms with Crippen LogP contribution in [0.1, 0.15) is 17.2 Å². The Labute approximate surface area is 184 Å². The van der Waals surface area contributed by atoms with Crippen LogP contribution in [0.3, 0.4) is 0 Å². The number of guanidine groups is 1. The monoisotopic (exact) mass is 530 g/mol. The number of nitrogens with zero attached hydrogens (tertiary/aromatic N) is 3. The number of alkyl halides is 3. The molecule has 10 heteroatoms. The number of nitrogens with two attached hydrogens (primary N) is 1. The van der Waals surface area contributed by atoms with Crippen LogP contribution in [0.5, 0.6) is 0 Å². The van der Waals surface area contributed by atoms with Gasteiger partial charge in [-0.15, -0.1) is 24.0 Å². The molecule has 0 spiro atoms. The highest BCUT2D eigenvalue weighted by Gasteiger charge is 2.31. The van der Waals surface area contributed by atoms with Crippen LogP contribution >= 0.6 is 35.7 Å². The highest BCUT2D eigenvalue weighted by molar-refractivity contribution is 14.0. The number of hydrogen-bond acceptors (Lipinski definition) is 4. The van der Waals surface area contributed by atoms with Crippen LogP contribution in [0.2, 0.25) is 0 Å². The van der Waals surface area contributed by atoms with Gasteiger partial charge in [0.1, 0.15) is 0 Å². The molecule has 0 bridgehead atoms. The van der Waals surface area contributed by atoms with Crippen molar-refractivity contribution in [3.8, 4) is 0 Å². The van der Waals surface area contributed by atoms with E-state index >= 15 is 0 Å². The third kappa shape index (κ3) is 6.39. The molecule has 1 aromatic carbocycles. The van der Waals surface area contributed by atoms with Crippen molar-refractivity contribution in [2.75, 3.05) is 57.4 Å². The first-order valence-electron chi connectivity index (χ1n) is 9.07. The van der Waals surface area contributed by atoms with Crippen molar-refractivity contribution in [1.29, 1.82) is 0 Å². The Kier molecular flexibility index (Phi) is 9.16. The van der Waals surface area contributed by atoms with Crippen molar-refractivity contribution in [2.24, 2.45) is 10.7 Å². The van der Waals surface area contributed by atoms with Gasteiger partial charge < -0.3 is 15.4 Å². The molecule has 1 unspecified atom stereocenters. The quantitative estimate of drug-likeness (QED) is 0.369. The molecule has 0 radical (unpaired) electrons. The van der Waals surface area contributed by atoms with Gasteiger partial charge in [-0.25, -0.2) is 0 Å². The van der Waals surface area contributed by atoms with E-state index in [-0.39, 0.29) is 30.0 Å². The van der Waals surface area contributed by atoms with Gasteiger partial charge >= 0.3 is 6.18 Å². The van der Waals surface area contributed by atoms with Crippen molar-refractivity contribution in [1.82, 2.24) is 9.80 Å². The number of halogens is 4. The fourth-order valence-electron chi connectivity index (χ4n) is 3.29. The standard InChI is InChI=1S/C18H25F3N4OS.HI/c19-18(20,21)15-3-1-14(2-4-15)16(24-5-9-26-10-6-24)13-23-17(22)25-7-11-27-12-8-25;/h1-4,16H,5-13H2,(H2,22,23);1H.